The molecule has 2 unspecified atom stereocenters. The van der Waals surface area contributed by atoms with Crippen molar-refractivity contribution in [1.82, 2.24) is 5.32 Å². The number of rotatable bonds is 4. The van der Waals surface area contributed by atoms with Crippen LogP contribution in [-0.2, 0) is 0 Å². The lowest BCUT2D eigenvalue weighted by atomic mass is 9.88. The Morgan fingerprint density at radius 2 is 2.14 bits per heavy atom. The highest BCUT2D eigenvalue weighted by Crippen LogP contribution is 2.28. The van der Waals surface area contributed by atoms with E-state index < -0.39 is 4.92 Å². The number of nitrogens with one attached hydrogen (secondary N) is 1. The number of aryl methyl sites for hydroxylation is 1. The van der Waals surface area contributed by atoms with Gasteiger partial charge in [-0.2, -0.15) is 0 Å². The van der Waals surface area contributed by atoms with Gasteiger partial charge < -0.3 is 5.32 Å². The Bertz CT molecular complexity index is 548. The summed E-state index contributed by atoms with van der Waals surface area (Å²) in [4.78, 5) is 22.5. The van der Waals surface area contributed by atoms with Gasteiger partial charge in [-0.15, -0.1) is 11.6 Å². The zero-order valence-corrected chi connectivity index (χ0v) is 12.7. The highest BCUT2D eigenvalue weighted by atomic mass is 35.5. The Hall–Kier alpha value is -1.62. The maximum atomic E-state index is 12.1. The van der Waals surface area contributed by atoms with Gasteiger partial charge in [-0.05, 0) is 31.7 Å². The fourth-order valence-electron chi connectivity index (χ4n) is 2.67. The zero-order valence-electron chi connectivity index (χ0n) is 12.0. The van der Waals surface area contributed by atoms with E-state index in [4.69, 9.17) is 11.6 Å². The molecule has 1 fully saturated rings. The van der Waals surface area contributed by atoms with Crippen LogP contribution < -0.4 is 5.32 Å². The number of amides is 1. The minimum absolute atomic E-state index is 0.0319. The lowest BCUT2D eigenvalue weighted by Crippen LogP contribution is -2.34. The summed E-state index contributed by atoms with van der Waals surface area (Å²) in [7, 11) is 0. The molecule has 0 aromatic heterocycles. The van der Waals surface area contributed by atoms with Crippen LogP contribution in [0, 0.1) is 23.0 Å². The molecule has 1 aliphatic rings. The number of benzene rings is 1. The summed E-state index contributed by atoms with van der Waals surface area (Å²) in [6.45, 7) is 2.18. The maximum absolute atomic E-state index is 12.1. The minimum atomic E-state index is -0.470. The van der Waals surface area contributed by atoms with Crippen LogP contribution in [0.5, 0.6) is 0 Å². The number of carbonyl (C=O) groups is 1. The zero-order chi connectivity index (χ0) is 15.4. The molecule has 1 aliphatic carbocycles. The summed E-state index contributed by atoms with van der Waals surface area (Å²) < 4.78 is 0. The molecule has 1 aromatic carbocycles. The average molecular weight is 311 g/mol. The van der Waals surface area contributed by atoms with Crippen molar-refractivity contribution in [2.45, 2.75) is 38.0 Å². The number of nitrogens with zero attached hydrogens (tertiary/aromatic N) is 1. The van der Waals surface area contributed by atoms with Gasteiger partial charge in [-0.1, -0.05) is 18.9 Å². The standard InChI is InChI=1S/C15H19ClN2O3/c1-10-6-7-11(8-14(10)18(20)21)15(19)17-9-12-4-2-3-5-13(12)16/h6-8,12-13H,2-5,9H2,1H3,(H,17,19). The Labute approximate surface area is 128 Å². The van der Waals surface area contributed by atoms with Crippen LogP contribution in [0.1, 0.15) is 41.6 Å². The maximum Gasteiger partial charge on any atom is 0.273 e. The van der Waals surface area contributed by atoms with Crippen molar-refractivity contribution in [2.75, 3.05) is 6.54 Å². The number of alkyl halides is 1. The lowest BCUT2D eigenvalue weighted by molar-refractivity contribution is -0.385. The Morgan fingerprint density at radius 3 is 2.81 bits per heavy atom. The molecule has 2 rings (SSSR count). The van der Waals surface area contributed by atoms with Crippen LogP contribution in [-0.4, -0.2) is 22.8 Å². The first kappa shape index (κ1) is 15.8. The van der Waals surface area contributed by atoms with E-state index in [0.717, 1.165) is 25.7 Å². The van der Waals surface area contributed by atoms with Crippen molar-refractivity contribution in [3.05, 3.63) is 39.4 Å². The molecular weight excluding hydrogens is 292 g/mol. The van der Waals surface area contributed by atoms with Crippen molar-refractivity contribution in [3.8, 4) is 0 Å². The summed E-state index contributed by atoms with van der Waals surface area (Å²) in [5.41, 5.74) is 0.828. The molecule has 6 heteroatoms. The van der Waals surface area contributed by atoms with Crippen LogP contribution in [0.4, 0.5) is 5.69 Å². The topological polar surface area (TPSA) is 72.2 Å². The normalized spacial score (nSPS) is 21.8. The number of nitro benzene ring substituents is 1. The molecule has 1 amide bonds. The fourth-order valence-corrected chi connectivity index (χ4v) is 3.03. The second-order valence-electron chi connectivity index (χ2n) is 5.53. The first-order chi connectivity index (χ1) is 9.99. The largest absolute Gasteiger partial charge is 0.352 e. The summed E-state index contributed by atoms with van der Waals surface area (Å²) in [5, 5.41) is 13.8. The lowest BCUT2D eigenvalue weighted by Gasteiger charge is -2.27. The van der Waals surface area contributed by atoms with E-state index in [1.54, 1.807) is 19.1 Å². The number of hydrogen-bond acceptors (Lipinski definition) is 3. The first-order valence-electron chi connectivity index (χ1n) is 7.16. The molecule has 1 N–H and O–H groups in total. The molecule has 114 valence electrons. The first-order valence-corrected chi connectivity index (χ1v) is 7.60. The van der Waals surface area contributed by atoms with E-state index in [0.29, 0.717) is 17.7 Å². The average Bonchev–Trinajstić information content (AvgIpc) is 2.46. The summed E-state index contributed by atoms with van der Waals surface area (Å²) in [6, 6.07) is 4.53. The van der Waals surface area contributed by atoms with Crippen LogP contribution in [0.25, 0.3) is 0 Å². The second kappa shape index (κ2) is 6.89. The molecule has 1 aromatic rings. The van der Waals surface area contributed by atoms with Gasteiger partial charge in [-0.25, -0.2) is 0 Å². The van der Waals surface area contributed by atoms with Crippen LogP contribution in [0.3, 0.4) is 0 Å². The molecule has 0 aliphatic heterocycles. The molecule has 0 spiro atoms. The monoisotopic (exact) mass is 310 g/mol. The van der Waals surface area contributed by atoms with Crippen molar-refractivity contribution in [3.63, 3.8) is 0 Å². The highest BCUT2D eigenvalue weighted by Gasteiger charge is 2.24. The van der Waals surface area contributed by atoms with Crippen LogP contribution >= 0.6 is 11.6 Å². The molecule has 5 nitrogen and oxygen atoms in total. The summed E-state index contributed by atoms with van der Waals surface area (Å²) in [6.07, 6.45) is 4.28. The third kappa shape index (κ3) is 3.94. The molecule has 2 atom stereocenters. The van der Waals surface area contributed by atoms with Gasteiger partial charge in [0.15, 0.2) is 0 Å². The Kier molecular flexibility index (Phi) is 5.17. The SMILES string of the molecule is Cc1ccc(C(=O)NCC2CCCCC2Cl)cc1[N+](=O)[O-]. The Balaban J connectivity index is 2.00. The number of halogens is 1. The third-order valence-corrected chi connectivity index (χ3v) is 4.58. The van der Waals surface area contributed by atoms with Crippen molar-refractivity contribution < 1.29 is 9.72 Å². The van der Waals surface area contributed by atoms with Crippen LogP contribution in [0.15, 0.2) is 18.2 Å². The minimum Gasteiger partial charge on any atom is -0.352 e. The van der Waals surface area contributed by atoms with Gasteiger partial charge in [0.2, 0.25) is 0 Å². The number of hydrogen-bond donors (Lipinski definition) is 1. The van der Waals surface area contributed by atoms with Crippen molar-refractivity contribution in [1.29, 1.82) is 0 Å². The summed E-state index contributed by atoms with van der Waals surface area (Å²) >= 11 is 6.26. The quantitative estimate of drug-likeness (QED) is 0.526. The van der Waals surface area contributed by atoms with Gasteiger partial charge in [0.05, 0.1) is 4.92 Å². The third-order valence-electron chi connectivity index (χ3n) is 4.01. The van der Waals surface area contributed by atoms with E-state index in [1.165, 1.54) is 6.07 Å². The van der Waals surface area contributed by atoms with E-state index in [9.17, 15) is 14.9 Å². The van der Waals surface area contributed by atoms with Crippen molar-refractivity contribution in [2.24, 2.45) is 5.92 Å². The molecule has 0 radical (unpaired) electrons. The van der Waals surface area contributed by atoms with E-state index in [1.807, 2.05) is 0 Å². The molecule has 21 heavy (non-hydrogen) atoms. The second-order valence-corrected chi connectivity index (χ2v) is 6.09. The summed E-state index contributed by atoms with van der Waals surface area (Å²) in [5.74, 6) is -0.00246. The van der Waals surface area contributed by atoms with Gasteiger partial charge in [-0.3, -0.25) is 14.9 Å². The van der Waals surface area contributed by atoms with Gasteiger partial charge in [0.1, 0.15) is 0 Å². The van der Waals surface area contributed by atoms with E-state index in [2.05, 4.69) is 5.32 Å². The molecule has 1 saturated carbocycles. The Morgan fingerprint density at radius 1 is 1.43 bits per heavy atom. The predicted octanol–water partition coefficient (Wildman–Crippen LogP) is 3.43. The predicted molar refractivity (Wildman–Crippen MR) is 81.8 cm³/mol. The molecule has 0 bridgehead atoms. The highest BCUT2D eigenvalue weighted by molar-refractivity contribution is 6.20. The fraction of sp³-hybridized carbons (Fsp3) is 0.533. The van der Waals surface area contributed by atoms with Crippen LogP contribution in [0.2, 0.25) is 0 Å². The smallest absolute Gasteiger partial charge is 0.273 e. The van der Waals surface area contributed by atoms with Gasteiger partial charge >= 0.3 is 0 Å². The molecule has 0 saturated heterocycles. The molecular formula is C15H19ClN2O3. The molecule has 0 heterocycles. The van der Waals surface area contributed by atoms with Gasteiger partial charge in [0, 0.05) is 29.1 Å². The van der Waals surface area contributed by atoms with Crippen molar-refractivity contribution >= 4 is 23.2 Å². The number of nitro groups is 1. The number of carbonyl (C=O) groups excluding carboxylic acids is 1. The van der Waals surface area contributed by atoms with Gasteiger partial charge in [0.25, 0.3) is 11.6 Å². The van der Waals surface area contributed by atoms with E-state index >= 15 is 0 Å². The van der Waals surface area contributed by atoms with E-state index in [-0.39, 0.29) is 22.9 Å².